The quantitative estimate of drug-likeness (QED) is 0.754. The third kappa shape index (κ3) is 3.90. The summed E-state index contributed by atoms with van der Waals surface area (Å²) in [5.74, 6) is 0. The number of anilines is 1. The average molecular weight is 213 g/mol. The van der Waals surface area contributed by atoms with Crippen LogP contribution >= 0.6 is 0 Å². The minimum Gasteiger partial charge on any atom is -0.307 e. The fourth-order valence-corrected chi connectivity index (χ4v) is 1.18. The lowest BCUT2D eigenvalue weighted by molar-refractivity contribution is 0.256. The summed E-state index contributed by atoms with van der Waals surface area (Å²) in [4.78, 5) is 11.0. The smallest absolute Gasteiger partial charge is 0.307 e. The second-order valence-electron chi connectivity index (χ2n) is 2.62. The highest BCUT2D eigenvalue weighted by molar-refractivity contribution is 7.89. The summed E-state index contributed by atoms with van der Waals surface area (Å²) < 4.78 is 23.1. The second kappa shape index (κ2) is 4.10. The van der Waals surface area contributed by atoms with E-state index in [9.17, 15) is 13.2 Å². The van der Waals surface area contributed by atoms with Crippen molar-refractivity contribution >= 4 is 21.7 Å². The molecule has 1 aromatic rings. The van der Waals surface area contributed by atoms with E-state index in [-0.39, 0.29) is 0 Å². The Morgan fingerprint density at radius 1 is 1.36 bits per heavy atom. The third-order valence-corrected chi connectivity index (χ3v) is 1.81. The topological polar surface area (TPSA) is 75.3 Å². The number of hydrogen-bond acceptors (Lipinski definition) is 3. The molecule has 2 N–H and O–H groups in total. The van der Waals surface area contributed by atoms with Crippen LogP contribution in [0.25, 0.3) is 0 Å². The Kier molecular flexibility index (Phi) is 3.08. The van der Waals surface area contributed by atoms with Gasteiger partial charge in [0.25, 0.3) is 0 Å². The summed E-state index contributed by atoms with van der Waals surface area (Å²) in [5.41, 5.74) is 0.505. The summed E-state index contributed by atoms with van der Waals surface area (Å²) in [6, 6.07) is 8.40. The van der Waals surface area contributed by atoms with E-state index in [1.807, 2.05) is 0 Å². The largest absolute Gasteiger partial charge is 0.332 e. The fourth-order valence-electron chi connectivity index (χ4n) is 0.795. The van der Waals surface area contributed by atoms with Crippen molar-refractivity contribution in [2.24, 2.45) is 0 Å². The van der Waals surface area contributed by atoms with Crippen LogP contribution in [0.5, 0.6) is 0 Å². The molecule has 1 radical (unpaired) electrons. The minimum absolute atomic E-state index is 0.505. The molecule has 0 aromatic heterocycles. The van der Waals surface area contributed by atoms with Gasteiger partial charge in [-0.15, -0.1) is 0 Å². The molecule has 0 bridgehead atoms. The number of rotatable bonds is 2. The Labute approximate surface area is 82.2 Å². The van der Waals surface area contributed by atoms with Gasteiger partial charge < -0.3 is 5.32 Å². The van der Waals surface area contributed by atoms with Crippen LogP contribution in [0.3, 0.4) is 0 Å². The molecule has 75 valence electrons. The molecule has 0 aliphatic heterocycles. The Morgan fingerprint density at radius 2 is 1.93 bits per heavy atom. The predicted octanol–water partition coefficient (Wildman–Crippen LogP) is 0.568. The molecule has 1 rings (SSSR count). The van der Waals surface area contributed by atoms with Crippen LogP contribution in [0.1, 0.15) is 0 Å². The van der Waals surface area contributed by atoms with Gasteiger partial charge in [-0.1, -0.05) is 12.1 Å². The van der Waals surface area contributed by atoms with Gasteiger partial charge in [0.15, 0.2) is 0 Å². The predicted molar refractivity (Wildman–Crippen MR) is 52.3 cm³/mol. The molecule has 14 heavy (non-hydrogen) atoms. The van der Waals surface area contributed by atoms with E-state index in [2.05, 4.69) is 11.4 Å². The Bertz CT molecular complexity index is 413. The molecule has 0 heterocycles. The summed E-state index contributed by atoms with van der Waals surface area (Å²) in [7, 11) is -3.51. The number of carbonyl (C=O) groups excluding carboxylic acids is 1. The number of urea groups is 1. The second-order valence-corrected chi connectivity index (χ2v) is 4.37. The maximum Gasteiger partial charge on any atom is 0.332 e. The summed E-state index contributed by atoms with van der Waals surface area (Å²) in [6.07, 6.45) is 0.908. The third-order valence-electron chi connectivity index (χ3n) is 1.25. The van der Waals surface area contributed by atoms with Gasteiger partial charge in [0.1, 0.15) is 0 Å². The van der Waals surface area contributed by atoms with Crippen molar-refractivity contribution in [3.63, 3.8) is 0 Å². The lowest BCUT2D eigenvalue weighted by atomic mass is 10.3. The van der Waals surface area contributed by atoms with E-state index in [4.69, 9.17) is 0 Å². The van der Waals surface area contributed by atoms with E-state index in [0.29, 0.717) is 5.69 Å². The zero-order chi connectivity index (χ0) is 10.6. The van der Waals surface area contributed by atoms with Crippen molar-refractivity contribution in [1.29, 1.82) is 0 Å². The van der Waals surface area contributed by atoms with Gasteiger partial charge in [-0.3, -0.25) is 0 Å². The van der Waals surface area contributed by atoms with Crippen molar-refractivity contribution in [1.82, 2.24) is 4.72 Å². The first-order chi connectivity index (χ1) is 6.47. The van der Waals surface area contributed by atoms with Gasteiger partial charge in [-0.25, -0.2) is 17.9 Å². The summed E-state index contributed by atoms with van der Waals surface area (Å²) >= 11 is 0. The first-order valence-corrected chi connectivity index (χ1v) is 5.61. The molecule has 0 unspecified atom stereocenters. The molecule has 2 amide bonds. The molecule has 0 aliphatic carbocycles. The zero-order valence-electron chi connectivity index (χ0n) is 7.44. The standard InChI is InChI=1S/C8H9N2O3S/c1-14(12,13)10-8(11)9-7-5-3-2-4-6-7/h3-6H,1H3,(H2,9,10,11). The molecule has 0 saturated carbocycles. The van der Waals surface area contributed by atoms with Gasteiger partial charge in [0.2, 0.25) is 10.0 Å². The Hall–Kier alpha value is -1.56. The molecule has 0 fully saturated rings. The molecule has 1 aromatic carbocycles. The number of amides is 2. The number of hydrogen-bond donors (Lipinski definition) is 2. The Morgan fingerprint density at radius 3 is 2.43 bits per heavy atom. The number of sulfonamides is 1. The average Bonchev–Trinajstić information content (AvgIpc) is 2.02. The van der Waals surface area contributed by atoms with Crippen molar-refractivity contribution in [2.45, 2.75) is 0 Å². The van der Waals surface area contributed by atoms with E-state index in [0.717, 1.165) is 6.26 Å². The van der Waals surface area contributed by atoms with E-state index >= 15 is 0 Å². The molecule has 0 atom stereocenters. The fraction of sp³-hybridized carbons (Fsp3) is 0.125. The molecule has 6 heteroatoms. The first kappa shape index (κ1) is 10.5. The number of benzene rings is 1. The lowest BCUT2D eigenvalue weighted by Gasteiger charge is -2.04. The normalized spacial score (nSPS) is 10.6. The minimum atomic E-state index is -3.51. The van der Waals surface area contributed by atoms with E-state index in [1.165, 1.54) is 0 Å². The lowest BCUT2D eigenvalue weighted by Crippen LogP contribution is -2.33. The van der Waals surface area contributed by atoms with Crippen molar-refractivity contribution < 1.29 is 13.2 Å². The molecule has 5 nitrogen and oxygen atoms in total. The molecule has 0 aliphatic rings. The van der Waals surface area contributed by atoms with Crippen LogP contribution in [0.4, 0.5) is 10.5 Å². The van der Waals surface area contributed by atoms with Gasteiger partial charge >= 0.3 is 6.03 Å². The van der Waals surface area contributed by atoms with Crippen LogP contribution in [-0.4, -0.2) is 20.7 Å². The van der Waals surface area contributed by atoms with Gasteiger partial charge in [-0.05, 0) is 18.2 Å². The SMILES string of the molecule is CS(=O)(=O)NC(=O)Nc1cc[c]cc1. The van der Waals surface area contributed by atoms with E-state index in [1.54, 1.807) is 29.0 Å². The summed E-state index contributed by atoms with van der Waals surface area (Å²) in [5, 5.41) is 2.35. The number of carbonyl (C=O) groups is 1. The molecular formula is C8H9N2O3S. The van der Waals surface area contributed by atoms with Crippen molar-refractivity contribution in [3.05, 3.63) is 30.3 Å². The maximum absolute atomic E-state index is 11.0. The molecule has 0 spiro atoms. The van der Waals surface area contributed by atoms with Crippen LogP contribution in [0, 0.1) is 6.07 Å². The van der Waals surface area contributed by atoms with Crippen molar-refractivity contribution in [3.8, 4) is 0 Å². The van der Waals surface area contributed by atoms with Gasteiger partial charge in [0, 0.05) is 5.69 Å². The van der Waals surface area contributed by atoms with E-state index < -0.39 is 16.1 Å². The summed E-state index contributed by atoms with van der Waals surface area (Å²) in [6.45, 7) is 0. The maximum atomic E-state index is 11.0. The van der Waals surface area contributed by atoms with Crippen LogP contribution in [0.15, 0.2) is 24.3 Å². The van der Waals surface area contributed by atoms with Gasteiger partial charge in [-0.2, -0.15) is 0 Å². The van der Waals surface area contributed by atoms with Crippen LogP contribution < -0.4 is 10.0 Å². The Balaban J connectivity index is 2.59. The zero-order valence-corrected chi connectivity index (χ0v) is 8.26. The van der Waals surface area contributed by atoms with Gasteiger partial charge in [0.05, 0.1) is 6.26 Å². The molecule has 0 saturated heterocycles. The highest BCUT2D eigenvalue weighted by atomic mass is 32.2. The first-order valence-electron chi connectivity index (χ1n) is 3.72. The van der Waals surface area contributed by atoms with Crippen molar-refractivity contribution in [2.75, 3.05) is 11.6 Å². The van der Waals surface area contributed by atoms with Crippen LogP contribution in [0.2, 0.25) is 0 Å². The molecular weight excluding hydrogens is 204 g/mol. The highest BCUT2D eigenvalue weighted by Crippen LogP contribution is 2.03. The number of nitrogens with one attached hydrogen (secondary N) is 2. The highest BCUT2D eigenvalue weighted by Gasteiger charge is 2.07. The monoisotopic (exact) mass is 213 g/mol. The van der Waals surface area contributed by atoms with Crippen LogP contribution in [-0.2, 0) is 10.0 Å².